The quantitative estimate of drug-likeness (QED) is 0.415. The van der Waals surface area contributed by atoms with E-state index >= 15 is 0 Å². The smallest absolute Gasteiger partial charge is 0.251 e. The third-order valence-corrected chi connectivity index (χ3v) is 8.57. The Morgan fingerprint density at radius 1 is 0.892 bits per heavy atom. The molecule has 1 fully saturated rings. The zero-order valence-corrected chi connectivity index (χ0v) is 22.3. The zero-order chi connectivity index (χ0) is 26.4. The normalized spacial score (nSPS) is 16.2. The van der Waals surface area contributed by atoms with Gasteiger partial charge in [-0.1, -0.05) is 47.5 Å². The highest BCUT2D eigenvalue weighted by Crippen LogP contribution is 2.26. The summed E-state index contributed by atoms with van der Waals surface area (Å²) in [6.45, 7) is 0.849. The van der Waals surface area contributed by atoms with Crippen molar-refractivity contribution >= 4 is 45.0 Å². The van der Waals surface area contributed by atoms with Gasteiger partial charge >= 0.3 is 0 Å². The van der Waals surface area contributed by atoms with Crippen molar-refractivity contribution in [2.45, 2.75) is 43.3 Å². The molecule has 10 heteroatoms. The summed E-state index contributed by atoms with van der Waals surface area (Å²) in [5.74, 6) is -0.566. The molecule has 3 aromatic carbocycles. The van der Waals surface area contributed by atoms with E-state index in [-0.39, 0.29) is 23.3 Å². The topological polar surface area (TPSA) is 95.6 Å². The lowest BCUT2D eigenvalue weighted by Crippen LogP contribution is -2.48. The van der Waals surface area contributed by atoms with Crippen molar-refractivity contribution in [2.24, 2.45) is 0 Å². The molecule has 1 aliphatic rings. The first-order valence-electron chi connectivity index (χ1n) is 11.9. The molecule has 0 radical (unpaired) electrons. The number of rotatable bonds is 8. The Kier molecular flexibility index (Phi) is 8.87. The van der Waals surface area contributed by atoms with Crippen molar-refractivity contribution in [2.75, 3.05) is 6.54 Å². The molecule has 0 unspecified atom stereocenters. The fourth-order valence-corrected chi connectivity index (χ4v) is 5.99. The molecule has 7 nitrogen and oxygen atoms in total. The van der Waals surface area contributed by atoms with Gasteiger partial charge in [0, 0.05) is 35.2 Å². The summed E-state index contributed by atoms with van der Waals surface area (Å²) in [6.07, 6.45) is 1.93. The number of nitrogens with one attached hydrogen (secondary N) is 2. The lowest BCUT2D eigenvalue weighted by Gasteiger charge is -2.29. The van der Waals surface area contributed by atoms with Crippen LogP contribution in [-0.2, 0) is 27.9 Å². The van der Waals surface area contributed by atoms with E-state index in [9.17, 15) is 18.0 Å². The monoisotopic (exact) mass is 559 g/mol. The summed E-state index contributed by atoms with van der Waals surface area (Å²) in [5.41, 5.74) is 2.01. The molecular formula is C27H27Cl2N3O4S. The number of hydrogen-bond acceptors (Lipinski definition) is 4. The second-order valence-electron chi connectivity index (χ2n) is 8.81. The van der Waals surface area contributed by atoms with Gasteiger partial charge < -0.3 is 10.6 Å². The van der Waals surface area contributed by atoms with Crippen molar-refractivity contribution < 1.29 is 18.0 Å². The number of carbonyl (C=O) groups is 2. The van der Waals surface area contributed by atoms with Gasteiger partial charge in [-0.05, 0) is 78.9 Å². The number of nitrogens with zero attached hydrogens (tertiary/aromatic N) is 1. The Morgan fingerprint density at radius 2 is 1.49 bits per heavy atom. The lowest BCUT2D eigenvalue weighted by molar-refractivity contribution is -0.124. The predicted molar refractivity (Wildman–Crippen MR) is 144 cm³/mol. The number of benzene rings is 3. The summed E-state index contributed by atoms with van der Waals surface area (Å²) in [7, 11) is -4.01. The van der Waals surface area contributed by atoms with Crippen LogP contribution in [0.25, 0.3) is 0 Å². The SMILES string of the molecule is O=C(NCc1ccc(Cl)cc1)c1ccc(CN([C@@H]2CCCCNC2=O)S(=O)(=O)c2ccc(Cl)cc2)cc1. The van der Waals surface area contributed by atoms with E-state index in [1.54, 1.807) is 36.4 Å². The van der Waals surface area contributed by atoms with E-state index in [4.69, 9.17) is 23.2 Å². The van der Waals surface area contributed by atoms with Crippen LogP contribution in [0.2, 0.25) is 10.0 Å². The second-order valence-corrected chi connectivity index (χ2v) is 11.6. The molecule has 0 aromatic heterocycles. The molecule has 0 aliphatic carbocycles. The first kappa shape index (κ1) is 27.1. The number of halogens is 2. The molecule has 2 amide bonds. The molecule has 4 rings (SSSR count). The summed E-state index contributed by atoms with van der Waals surface area (Å²) < 4.78 is 28.5. The van der Waals surface area contributed by atoms with Crippen LogP contribution in [-0.4, -0.2) is 37.1 Å². The van der Waals surface area contributed by atoms with Crippen LogP contribution < -0.4 is 10.6 Å². The van der Waals surface area contributed by atoms with Crippen molar-refractivity contribution in [3.8, 4) is 0 Å². The van der Waals surface area contributed by atoms with Gasteiger partial charge in [0.25, 0.3) is 5.91 Å². The molecule has 1 atom stereocenters. The lowest BCUT2D eigenvalue weighted by atomic mass is 10.1. The van der Waals surface area contributed by atoms with E-state index in [0.29, 0.717) is 40.7 Å². The maximum atomic E-state index is 13.7. The van der Waals surface area contributed by atoms with E-state index < -0.39 is 16.1 Å². The largest absolute Gasteiger partial charge is 0.355 e. The van der Waals surface area contributed by atoms with Gasteiger partial charge in [-0.25, -0.2) is 8.42 Å². The minimum Gasteiger partial charge on any atom is -0.355 e. The molecule has 194 valence electrons. The van der Waals surface area contributed by atoms with Gasteiger partial charge in [0.05, 0.1) is 4.90 Å². The van der Waals surface area contributed by atoms with E-state index in [0.717, 1.165) is 18.4 Å². The Labute approximate surface area is 226 Å². The van der Waals surface area contributed by atoms with E-state index in [2.05, 4.69) is 10.6 Å². The fraction of sp³-hybridized carbons (Fsp3) is 0.259. The Bertz CT molecular complexity index is 1350. The minimum atomic E-state index is -4.01. The molecule has 3 aromatic rings. The number of carbonyl (C=O) groups excluding carboxylic acids is 2. The van der Waals surface area contributed by atoms with Crippen molar-refractivity contribution in [3.05, 3.63) is 99.5 Å². The van der Waals surface area contributed by atoms with E-state index in [1.165, 1.54) is 28.6 Å². The van der Waals surface area contributed by atoms with Crippen LogP contribution in [0.5, 0.6) is 0 Å². The van der Waals surface area contributed by atoms with E-state index in [1.807, 2.05) is 12.1 Å². The first-order chi connectivity index (χ1) is 17.7. The summed E-state index contributed by atoms with van der Waals surface area (Å²) in [6, 6.07) is 19.0. The number of amides is 2. The molecule has 1 heterocycles. The highest BCUT2D eigenvalue weighted by molar-refractivity contribution is 7.89. The molecule has 0 spiro atoms. The second kappa shape index (κ2) is 12.1. The van der Waals surface area contributed by atoms with Gasteiger partial charge in [0.2, 0.25) is 15.9 Å². The van der Waals surface area contributed by atoms with Crippen LogP contribution in [0, 0.1) is 0 Å². The average molecular weight is 561 g/mol. The molecule has 37 heavy (non-hydrogen) atoms. The third kappa shape index (κ3) is 6.90. The van der Waals surface area contributed by atoms with Crippen LogP contribution in [0.3, 0.4) is 0 Å². The van der Waals surface area contributed by atoms with Crippen LogP contribution in [0.1, 0.15) is 40.7 Å². The predicted octanol–water partition coefficient (Wildman–Crippen LogP) is 4.78. The molecule has 0 saturated carbocycles. The summed E-state index contributed by atoms with van der Waals surface area (Å²) >= 11 is 11.9. The number of sulfonamides is 1. The highest BCUT2D eigenvalue weighted by Gasteiger charge is 2.36. The van der Waals surface area contributed by atoms with Gasteiger partial charge in [0.1, 0.15) is 6.04 Å². The highest BCUT2D eigenvalue weighted by atomic mass is 35.5. The third-order valence-electron chi connectivity index (χ3n) is 6.19. The molecule has 2 N–H and O–H groups in total. The van der Waals surface area contributed by atoms with Crippen molar-refractivity contribution in [3.63, 3.8) is 0 Å². The maximum absolute atomic E-state index is 13.7. The maximum Gasteiger partial charge on any atom is 0.251 e. The molecule has 0 bridgehead atoms. The summed E-state index contributed by atoms with van der Waals surface area (Å²) in [5, 5.41) is 6.72. The first-order valence-corrected chi connectivity index (χ1v) is 14.1. The molecular weight excluding hydrogens is 533 g/mol. The van der Waals surface area contributed by atoms with Gasteiger partial charge in [-0.3, -0.25) is 9.59 Å². The Balaban J connectivity index is 1.53. The van der Waals surface area contributed by atoms with Crippen LogP contribution in [0.4, 0.5) is 0 Å². The minimum absolute atomic E-state index is 0.0181. The average Bonchev–Trinajstić information content (AvgIpc) is 3.11. The van der Waals surface area contributed by atoms with Gasteiger partial charge in [0.15, 0.2) is 0 Å². The molecule has 1 aliphatic heterocycles. The van der Waals surface area contributed by atoms with Gasteiger partial charge in [-0.15, -0.1) is 0 Å². The Hall–Kier alpha value is -2.91. The standard InChI is InChI=1S/C27H27Cl2N3O4S/c28-22-10-6-19(7-11-22)17-31-26(33)21-8-4-20(5-9-21)18-32(25-3-1-2-16-30-27(25)34)37(35,36)24-14-12-23(29)13-15-24/h4-15,25H,1-3,16-18H2,(H,30,34)(H,31,33)/t25-/m1/s1. The fourth-order valence-electron chi connectivity index (χ4n) is 4.13. The van der Waals surface area contributed by atoms with Crippen molar-refractivity contribution in [1.82, 2.24) is 14.9 Å². The summed E-state index contributed by atoms with van der Waals surface area (Å²) in [4.78, 5) is 25.5. The van der Waals surface area contributed by atoms with Crippen LogP contribution >= 0.6 is 23.2 Å². The zero-order valence-electron chi connectivity index (χ0n) is 20.0. The number of hydrogen-bond donors (Lipinski definition) is 2. The Morgan fingerprint density at radius 3 is 2.14 bits per heavy atom. The molecule has 1 saturated heterocycles. The van der Waals surface area contributed by atoms with Gasteiger partial charge in [-0.2, -0.15) is 4.31 Å². The van der Waals surface area contributed by atoms with Crippen molar-refractivity contribution in [1.29, 1.82) is 0 Å². The van der Waals surface area contributed by atoms with Crippen LogP contribution in [0.15, 0.2) is 77.7 Å².